The summed E-state index contributed by atoms with van der Waals surface area (Å²) in [5.74, 6) is -0.897. The van der Waals surface area contributed by atoms with Gasteiger partial charge in [0.2, 0.25) is 0 Å². The molecule has 0 saturated heterocycles. The molecule has 0 saturated carbocycles. The lowest BCUT2D eigenvalue weighted by molar-refractivity contribution is -0.144. The molecular weight excluding hydrogens is 1010 g/mol. The summed E-state index contributed by atoms with van der Waals surface area (Å²) in [6.07, 6.45) is -21.5. The van der Waals surface area contributed by atoms with Gasteiger partial charge in [0.15, 0.2) is 6.29 Å². The van der Waals surface area contributed by atoms with Crippen molar-refractivity contribution in [2.24, 2.45) is 0 Å². The molecule has 7 aromatic carbocycles. The van der Waals surface area contributed by atoms with Crippen molar-refractivity contribution in [1.29, 1.82) is 0 Å². The fourth-order valence-corrected chi connectivity index (χ4v) is 8.62. The van der Waals surface area contributed by atoms with Crippen molar-refractivity contribution < 1.29 is 80.9 Å². The van der Waals surface area contributed by atoms with Gasteiger partial charge in [-0.3, -0.25) is 19.2 Å². The number of hydrogen-bond acceptors (Lipinski definition) is 8. The number of hydrogen-bond donors (Lipinski definition) is 0. The Labute approximate surface area is 408 Å². The van der Waals surface area contributed by atoms with Gasteiger partial charge < -0.3 is 18.6 Å². The number of para-hydroxylation sites is 1. The third-order valence-corrected chi connectivity index (χ3v) is 11.8. The number of halogens is 12. The molecule has 0 bridgehead atoms. The second-order valence-electron chi connectivity index (χ2n) is 16.2. The highest BCUT2D eigenvalue weighted by atomic mass is 19.4. The van der Waals surface area contributed by atoms with Gasteiger partial charge in [-0.25, -0.2) is 4.57 Å². The average molecular weight is 1040 g/mol. The van der Waals surface area contributed by atoms with Crippen LogP contribution < -0.4 is 25.3 Å². The fourth-order valence-electron chi connectivity index (χ4n) is 8.62. The van der Waals surface area contributed by atoms with E-state index in [0.29, 0.717) is 35.1 Å². The number of esters is 1. The van der Waals surface area contributed by atoms with Gasteiger partial charge in [0.05, 0.1) is 54.1 Å². The van der Waals surface area contributed by atoms with E-state index < -0.39 is 114 Å². The molecule has 2 aromatic heterocycles. The smallest absolute Gasteiger partial charge is 0.416 e. The van der Waals surface area contributed by atoms with Crippen molar-refractivity contribution in [3.63, 3.8) is 0 Å². The predicted octanol–water partition coefficient (Wildman–Crippen LogP) is 14.3. The summed E-state index contributed by atoms with van der Waals surface area (Å²) in [6, 6.07) is 15.8. The molecule has 9 aromatic rings. The third kappa shape index (κ3) is 9.44. The maximum atomic E-state index is 14.8. The normalized spacial score (nSPS) is 12.3. The molecule has 74 heavy (non-hydrogen) atoms. The van der Waals surface area contributed by atoms with Crippen molar-refractivity contribution in [3.05, 3.63) is 163 Å². The molecule has 2 heterocycles. The Kier molecular flexibility index (Phi) is 13.3. The van der Waals surface area contributed by atoms with E-state index in [1.165, 1.54) is 74.9 Å². The zero-order valence-electron chi connectivity index (χ0n) is 38.4. The number of ether oxygens (including phenoxy) is 3. The van der Waals surface area contributed by atoms with E-state index in [4.69, 9.17) is 18.6 Å². The highest BCUT2D eigenvalue weighted by Crippen LogP contribution is 2.49. The maximum absolute atomic E-state index is 14.8. The van der Waals surface area contributed by atoms with E-state index in [1.54, 1.807) is 0 Å². The Morgan fingerprint density at radius 3 is 1.49 bits per heavy atom. The quantitative estimate of drug-likeness (QED) is 0.0351. The molecule has 0 atom stereocenters. The first-order valence-corrected chi connectivity index (χ1v) is 21.7. The van der Waals surface area contributed by atoms with Gasteiger partial charge in [-0.05, 0) is 89.0 Å². The first kappa shape index (κ1) is 52.0. The lowest BCUT2D eigenvalue weighted by Crippen LogP contribution is -2.32. The Morgan fingerprint density at radius 1 is 0.568 bits per heavy atom. The van der Waals surface area contributed by atoms with Crippen LogP contribution in [0.15, 0.2) is 123 Å². The lowest BCUT2D eigenvalue weighted by Gasteiger charge is -2.21. The van der Waals surface area contributed by atoms with Gasteiger partial charge in [-0.2, -0.15) is 52.7 Å². The van der Waals surface area contributed by atoms with E-state index >= 15 is 0 Å². The first-order valence-electron chi connectivity index (χ1n) is 21.7. The number of carbonyl (C=O) groups is 2. The molecule has 0 aliphatic carbocycles. The Bertz CT molecular complexity index is 3690. The molecule has 382 valence electrons. The first-order chi connectivity index (χ1) is 34.8. The fraction of sp³-hybridized carbons (Fsp3) is 0.170. The number of aldehydes is 1. The second kappa shape index (κ2) is 18.9. The largest absolute Gasteiger partial charge is 0.496 e. The third-order valence-electron chi connectivity index (χ3n) is 11.8. The second-order valence-corrected chi connectivity index (χ2v) is 16.2. The van der Waals surface area contributed by atoms with Crippen molar-refractivity contribution in [3.8, 4) is 45.2 Å². The molecule has 0 N–H and O–H groups in total. The Morgan fingerprint density at radius 2 is 1.03 bits per heavy atom. The van der Waals surface area contributed by atoms with E-state index in [1.807, 2.05) is 13.8 Å². The van der Waals surface area contributed by atoms with Crippen molar-refractivity contribution in [2.75, 3.05) is 14.2 Å². The molecule has 0 radical (unpaired) electrons. The molecule has 0 aliphatic rings. The van der Waals surface area contributed by atoms with Gasteiger partial charge in [-0.15, -0.1) is 0 Å². The number of nitrogens with zero attached hydrogens (tertiary/aromatic N) is 1. The summed E-state index contributed by atoms with van der Waals surface area (Å²) in [5, 5.41) is -2.15. The maximum Gasteiger partial charge on any atom is 0.416 e. The minimum absolute atomic E-state index is 0.0209. The van der Waals surface area contributed by atoms with Gasteiger partial charge in [0.1, 0.15) is 28.4 Å². The van der Waals surface area contributed by atoms with Crippen LogP contribution in [0.2, 0.25) is 0 Å². The van der Waals surface area contributed by atoms with Crippen LogP contribution in [0.1, 0.15) is 52.0 Å². The summed E-state index contributed by atoms with van der Waals surface area (Å²) in [7, 11) is 2.52. The summed E-state index contributed by atoms with van der Waals surface area (Å²) in [6.45, 7) is 4.00. The lowest BCUT2D eigenvalue weighted by atomic mass is 9.86. The van der Waals surface area contributed by atoms with E-state index in [9.17, 15) is 71.9 Å². The van der Waals surface area contributed by atoms with Crippen molar-refractivity contribution in [1.82, 2.24) is 4.57 Å². The molecule has 0 amide bonds. The summed E-state index contributed by atoms with van der Waals surface area (Å²) in [5.41, 5.74) is -13.0. The van der Waals surface area contributed by atoms with Gasteiger partial charge >= 0.3 is 30.7 Å². The molecule has 9 nitrogen and oxygen atoms in total. The van der Waals surface area contributed by atoms with E-state index in [-0.39, 0.29) is 67.9 Å². The standard InChI is InChI=1S/C51H27F12NO8.C2H6/c1-69-39-18-31(19-40(70-2)37(39)22-65)71-41(66)11-23-7-9-30(10-8-23)64-46(67)35-20-33(24-12-26(48(52,53)54)16-27(13-24)49(55,56)57)42-32-5-3-4-6-38(32)72-45-34(21-36(47(64)68)43(35)44(42)45)25-14-28(50(58,59)60)17-29(15-25)51(61,62)63;1-2/h3-10,12-22H,11H2,1-2H3;1-2H3. The molecule has 0 fully saturated rings. The summed E-state index contributed by atoms with van der Waals surface area (Å²) >= 11 is 0. The Hall–Kier alpha value is -8.36. The van der Waals surface area contributed by atoms with Crippen LogP contribution in [0.5, 0.6) is 17.2 Å². The van der Waals surface area contributed by atoms with E-state index in [0.717, 1.165) is 12.1 Å². The highest BCUT2D eigenvalue weighted by Gasteiger charge is 2.39. The number of benzene rings is 7. The number of methoxy groups -OCH3 is 2. The number of aromatic nitrogens is 1. The van der Waals surface area contributed by atoms with Crippen molar-refractivity contribution >= 4 is 55.7 Å². The molecule has 0 unspecified atom stereocenters. The molecule has 0 spiro atoms. The predicted molar refractivity (Wildman–Crippen MR) is 248 cm³/mol. The molecule has 9 rings (SSSR count). The van der Waals surface area contributed by atoms with Crippen molar-refractivity contribution in [2.45, 2.75) is 45.0 Å². The Balaban J connectivity index is 0.00000360. The number of carbonyl (C=O) groups excluding carboxylic acids is 2. The number of rotatable bonds is 9. The number of alkyl halides is 12. The highest BCUT2D eigenvalue weighted by molar-refractivity contribution is 6.32. The van der Waals surface area contributed by atoms with Crippen LogP contribution in [0, 0.1) is 0 Å². The molecular formula is C53H33F12NO8. The zero-order chi connectivity index (χ0) is 54.0. The van der Waals surface area contributed by atoms with Crippen LogP contribution in [-0.2, 0) is 35.9 Å². The average Bonchev–Trinajstić information content (AvgIpc) is 3.35. The van der Waals surface area contributed by atoms with Crippen LogP contribution in [0.25, 0.3) is 71.4 Å². The SMILES string of the molecule is CC.COc1cc(OC(=O)Cc2ccc(-n3c(=O)c4cc(-c5cc(C(F)(F)F)cc(C(F)(F)F)c5)c5oc6ccccc6c6c(-c7cc(C(F)(F)F)cc(C(F)(F)F)c7)cc(c3=O)c4c56)cc2)cc(OC)c1C=O. The molecule has 0 aliphatic heterocycles. The molecule has 21 heteroatoms. The minimum Gasteiger partial charge on any atom is -0.496 e. The topological polar surface area (TPSA) is 114 Å². The van der Waals surface area contributed by atoms with Crippen LogP contribution in [-0.4, -0.2) is 31.0 Å². The number of pyridine rings is 1. The monoisotopic (exact) mass is 1040 g/mol. The van der Waals surface area contributed by atoms with Crippen LogP contribution >= 0.6 is 0 Å². The van der Waals surface area contributed by atoms with Crippen LogP contribution in [0.3, 0.4) is 0 Å². The van der Waals surface area contributed by atoms with E-state index in [2.05, 4.69) is 0 Å². The van der Waals surface area contributed by atoms with Gasteiger partial charge in [0.25, 0.3) is 11.1 Å². The minimum atomic E-state index is -5.39. The summed E-state index contributed by atoms with van der Waals surface area (Å²) in [4.78, 5) is 54.3. The van der Waals surface area contributed by atoms with Gasteiger partial charge in [-0.1, -0.05) is 44.2 Å². The zero-order valence-corrected chi connectivity index (χ0v) is 38.4. The van der Waals surface area contributed by atoms with Gasteiger partial charge in [0, 0.05) is 50.0 Å². The van der Waals surface area contributed by atoms with Crippen LogP contribution in [0.4, 0.5) is 52.7 Å². The summed E-state index contributed by atoms with van der Waals surface area (Å²) < 4.78 is 195. The number of fused-ring (bicyclic) bond motifs is 2.